The molecule has 0 saturated carbocycles. The van der Waals surface area contributed by atoms with Gasteiger partial charge in [-0.15, -0.1) is 0 Å². The third-order valence-electron chi connectivity index (χ3n) is 7.60. The van der Waals surface area contributed by atoms with E-state index < -0.39 is 12.2 Å². The van der Waals surface area contributed by atoms with E-state index in [4.69, 9.17) is 30.5 Å². The van der Waals surface area contributed by atoms with Gasteiger partial charge >= 0.3 is 5.97 Å². The fraction of sp³-hybridized carbons (Fsp3) is 0.433. The number of methoxy groups -OCH3 is 2. The molecule has 3 aromatic rings. The van der Waals surface area contributed by atoms with Crippen molar-refractivity contribution >= 4 is 23.5 Å². The lowest BCUT2D eigenvalue weighted by Gasteiger charge is -2.33. The Morgan fingerprint density at radius 1 is 1.10 bits per heavy atom. The minimum absolute atomic E-state index is 0.000592. The molecule has 2 atom stereocenters. The number of benzene rings is 1. The maximum absolute atomic E-state index is 13.6. The lowest BCUT2D eigenvalue weighted by atomic mass is 9.93. The van der Waals surface area contributed by atoms with Crippen LogP contribution in [0.25, 0.3) is 5.69 Å². The third kappa shape index (κ3) is 5.67. The molecule has 0 aliphatic carbocycles. The highest BCUT2D eigenvalue weighted by molar-refractivity contribution is 6.30. The molecule has 0 bridgehead atoms. The molecule has 40 heavy (non-hydrogen) atoms. The SMILES string of the molecule is CCOC(=O)CC1CCN(C(=O)C[C@@H]2O[C@H](c3nccc(OC)c3OC)c3cc(Cl)ccc3-n3cccc32)CC1. The van der Waals surface area contributed by atoms with Crippen LogP contribution in [0.5, 0.6) is 11.5 Å². The first-order chi connectivity index (χ1) is 19.4. The number of fused-ring (bicyclic) bond motifs is 3. The van der Waals surface area contributed by atoms with Gasteiger partial charge in [-0.05, 0) is 56.0 Å². The van der Waals surface area contributed by atoms with E-state index >= 15 is 0 Å². The molecule has 4 heterocycles. The quantitative estimate of drug-likeness (QED) is 0.342. The molecule has 0 spiro atoms. The average molecular weight is 568 g/mol. The van der Waals surface area contributed by atoms with E-state index in [0.29, 0.717) is 48.3 Å². The van der Waals surface area contributed by atoms with Gasteiger partial charge in [0, 0.05) is 48.6 Å². The Bertz CT molecular complexity index is 1370. The number of hydrogen-bond acceptors (Lipinski definition) is 7. The van der Waals surface area contributed by atoms with Crippen molar-refractivity contribution in [2.24, 2.45) is 5.92 Å². The summed E-state index contributed by atoms with van der Waals surface area (Å²) in [5, 5.41) is 0.558. The summed E-state index contributed by atoms with van der Waals surface area (Å²) in [6.07, 6.45) is 4.46. The zero-order valence-corrected chi connectivity index (χ0v) is 23.7. The Morgan fingerprint density at radius 2 is 1.90 bits per heavy atom. The Morgan fingerprint density at radius 3 is 2.62 bits per heavy atom. The maximum atomic E-state index is 13.6. The number of esters is 1. The smallest absolute Gasteiger partial charge is 0.306 e. The Kier molecular flexibility index (Phi) is 8.61. The van der Waals surface area contributed by atoms with E-state index in [1.165, 1.54) is 0 Å². The van der Waals surface area contributed by atoms with Gasteiger partial charge in [-0.25, -0.2) is 0 Å². The summed E-state index contributed by atoms with van der Waals surface area (Å²) >= 11 is 6.47. The van der Waals surface area contributed by atoms with Gasteiger partial charge < -0.3 is 28.4 Å². The lowest BCUT2D eigenvalue weighted by molar-refractivity contribution is -0.144. The predicted molar refractivity (Wildman–Crippen MR) is 149 cm³/mol. The minimum atomic E-state index is -0.674. The summed E-state index contributed by atoms with van der Waals surface area (Å²) in [6.45, 7) is 3.39. The van der Waals surface area contributed by atoms with Crippen molar-refractivity contribution in [1.82, 2.24) is 14.5 Å². The third-order valence-corrected chi connectivity index (χ3v) is 7.83. The summed E-state index contributed by atoms with van der Waals surface area (Å²) < 4.78 is 25.2. The lowest BCUT2D eigenvalue weighted by Crippen LogP contribution is -2.39. The number of carbonyl (C=O) groups excluding carboxylic acids is 2. The molecule has 0 unspecified atom stereocenters. The van der Waals surface area contributed by atoms with E-state index in [0.717, 1.165) is 29.8 Å². The van der Waals surface area contributed by atoms with E-state index in [1.807, 2.05) is 52.9 Å². The van der Waals surface area contributed by atoms with Crippen molar-refractivity contribution in [3.63, 3.8) is 0 Å². The molecule has 1 fully saturated rings. The number of rotatable bonds is 8. The maximum Gasteiger partial charge on any atom is 0.306 e. The number of pyridine rings is 1. The summed E-state index contributed by atoms with van der Waals surface area (Å²) in [7, 11) is 3.14. The fourth-order valence-corrected chi connectivity index (χ4v) is 5.81. The fourth-order valence-electron chi connectivity index (χ4n) is 5.63. The molecule has 2 aliphatic heterocycles. The summed E-state index contributed by atoms with van der Waals surface area (Å²) in [4.78, 5) is 32.0. The van der Waals surface area contributed by atoms with Crippen molar-refractivity contribution in [1.29, 1.82) is 0 Å². The van der Waals surface area contributed by atoms with Crippen molar-refractivity contribution in [2.75, 3.05) is 33.9 Å². The molecule has 1 amide bonds. The number of amides is 1. The molecule has 1 saturated heterocycles. The molecule has 10 heteroatoms. The van der Waals surface area contributed by atoms with Crippen LogP contribution in [0.1, 0.15) is 61.8 Å². The molecular formula is C30H34ClN3O6. The summed E-state index contributed by atoms with van der Waals surface area (Å²) in [5.41, 5.74) is 3.08. The molecule has 5 rings (SSSR count). The zero-order chi connectivity index (χ0) is 28.2. The van der Waals surface area contributed by atoms with Gasteiger partial charge in [0.25, 0.3) is 0 Å². The topological polar surface area (TPSA) is 92.1 Å². The van der Waals surface area contributed by atoms with Crippen LogP contribution in [-0.2, 0) is 19.1 Å². The highest BCUT2D eigenvalue weighted by atomic mass is 35.5. The number of piperidine rings is 1. The number of hydrogen-bond donors (Lipinski definition) is 0. The van der Waals surface area contributed by atoms with E-state index in [1.54, 1.807) is 26.5 Å². The predicted octanol–water partition coefficient (Wildman–Crippen LogP) is 5.29. The van der Waals surface area contributed by atoms with Crippen LogP contribution in [-0.4, -0.2) is 60.2 Å². The zero-order valence-electron chi connectivity index (χ0n) is 23.0. The van der Waals surface area contributed by atoms with Crippen LogP contribution in [0.3, 0.4) is 0 Å². The average Bonchev–Trinajstić information content (AvgIpc) is 3.40. The molecule has 2 aromatic heterocycles. The molecule has 2 aliphatic rings. The van der Waals surface area contributed by atoms with Gasteiger partial charge in [-0.1, -0.05) is 11.6 Å². The van der Waals surface area contributed by atoms with Gasteiger partial charge in [-0.3, -0.25) is 14.6 Å². The largest absolute Gasteiger partial charge is 0.493 e. The molecule has 9 nitrogen and oxygen atoms in total. The van der Waals surface area contributed by atoms with Crippen LogP contribution in [0.15, 0.2) is 48.8 Å². The minimum Gasteiger partial charge on any atom is -0.493 e. The highest BCUT2D eigenvalue weighted by Crippen LogP contribution is 2.45. The molecule has 212 valence electrons. The monoisotopic (exact) mass is 567 g/mol. The van der Waals surface area contributed by atoms with Crippen molar-refractivity contribution < 1.29 is 28.5 Å². The number of nitrogens with zero attached hydrogens (tertiary/aromatic N) is 3. The van der Waals surface area contributed by atoms with Crippen molar-refractivity contribution in [3.05, 3.63) is 70.8 Å². The van der Waals surface area contributed by atoms with Gasteiger partial charge in [0.1, 0.15) is 17.9 Å². The first-order valence-electron chi connectivity index (χ1n) is 13.6. The van der Waals surface area contributed by atoms with Gasteiger partial charge in [0.05, 0.1) is 38.6 Å². The number of ether oxygens (including phenoxy) is 4. The number of aromatic nitrogens is 2. The van der Waals surface area contributed by atoms with E-state index in [2.05, 4.69) is 4.98 Å². The second-order valence-corrected chi connectivity index (χ2v) is 10.4. The Balaban J connectivity index is 1.43. The normalized spacial score (nSPS) is 18.9. The summed E-state index contributed by atoms with van der Waals surface area (Å²) in [5.74, 6) is 1.04. The van der Waals surface area contributed by atoms with Crippen molar-refractivity contribution in [3.8, 4) is 17.2 Å². The summed E-state index contributed by atoms with van der Waals surface area (Å²) in [6, 6.07) is 11.3. The van der Waals surface area contributed by atoms with E-state index in [-0.39, 0.29) is 24.2 Å². The van der Waals surface area contributed by atoms with Crippen molar-refractivity contribution in [2.45, 2.75) is 44.8 Å². The van der Waals surface area contributed by atoms with Crippen LogP contribution in [0, 0.1) is 5.92 Å². The second kappa shape index (κ2) is 12.3. The number of halogens is 1. The number of carbonyl (C=O) groups is 2. The van der Waals surface area contributed by atoms with Crippen LogP contribution in [0.2, 0.25) is 5.02 Å². The molecule has 1 aromatic carbocycles. The van der Waals surface area contributed by atoms with Gasteiger partial charge in [-0.2, -0.15) is 0 Å². The molecule has 0 radical (unpaired) electrons. The molecule has 0 N–H and O–H groups in total. The van der Waals surface area contributed by atoms with Crippen LogP contribution in [0.4, 0.5) is 0 Å². The first kappa shape index (κ1) is 28.0. The van der Waals surface area contributed by atoms with E-state index in [9.17, 15) is 9.59 Å². The second-order valence-electron chi connectivity index (χ2n) is 9.98. The first-order valence-corrected chi connectivity index (χ1v) is 13.9. The Labute approximate surface area is 238 Å². The number of likely N-dealkylation sites (tertiary alicyclic amines) is 1. The van der Waals surface area contributed by atoms with Crippen LogP contribution < -0.4 is 9.47 Å². The van der Waals surface area contributed by atoms with Crippen LogP contribution >= 0.6 is 11.6 Å². The Hall–Kier alpha value is -3.56. The van der Waals surface area contributed by atoms with Gasteiger partial charge in [0.15, 0.2) is 11.5 Å². The molecular weight excluding hydrogens is 534 g/mol. The van der Waals surface area contributed by atoms with Gasteiger partial charge in [0.2, 0.25) is 5.91 Å². The standard InChI is InChI=1S/C30H34ClN3O6/c1-4-39-27(36)16-19-10-14-33(15-11-19)26(35)18-25-23-6-5-13-34(23)22-8-7-20(31)17-21(22)29(40-25)28-30(38-3)24(37-2)9-12-32-28/h5-9,12-13,17,19,25,29H,4,10-11,14-16,18H2,1-3H3/t25-,29-/m0/s1. The highest BCUT2D eigenvalue weighted by Gasteiger charge is 2.36.